The minimum absolute atomic E-state index is 0.0238. The molecule has 0 saturated heterocycles. The summed E-state index contributed by atoms with van der Waals surface area (Å²) in [6, 6.07) is 35.1. The van der Waals surface area contributed by atoms with Gasteiger partial charge in [-0.05, 0) is 170 Å². The number of carbonyl (C=O) groups excluding carboxylic acids is 4. The molecule has 2 aliphatic rings. The lowest BCUT2D eigenvalue weighted by atomic mass is 9.80. The predicted molar refractivity (Wildman–Crippen MR) is 415 cm³/mol. The van der Waals surface area contributed by atoms with Gasteiger partial charge in [-0.2, -0.15) is 105 Å². The number of anilines is 2. The van der Waals surface area contributed by atoms with Crippen molar-refractivity contribution in [2.75, 3.05) is 9.80 Å². The molecule has 130 heavy (non-hydrogen) atoms. The Kier molecular flexibility index (Phi) is 20.9. The Morgan fingerprint density at radius 3 is 0.508 bits per heavy atom. The molecule has 660 valence electrons. The van der Waals surface area contributed by atoms with Crippen LogP contribution in [0.2, 0.25) is 0 Å². The van der Waals surface area contributed by atoms with Gasteiger partial charge < -0.3 is 37.9 Å². The Balaban J connectivity index is 0.987. The predicted octanol–water partition coefficient (Wildman–Crippen LogP) is 29.8. The Bertz CT molecular complexity index is 6180. The fourth-order valence-electron chi connectivity index (χ4n) is 14.9. The van der Waals surface area contributed by atoms with Crippen molar-refractivity contribution in [3.8, 4) is 92.0 Å². The molecule has 4 amide bonds. The van der Waals surface area contributed by atoms with Crippen LogP contribution in [0, 0.1) is 0 Å². The smallest absolute Gasteiger partial charge is 0.416 e. The lowest BCUT2D eigenvalue weighted by molar-refractivity contribution is -0.144. The number of ether oxygens (including phenoxy) is 8. The van der Waals surface area contributed by atoms with E-state index in [1.807, 2.05) is 0 Å². The van der Waals surface area contributed by atoms with Crippen LogP contribution in [0.4, 0.5) is 117 Å². The maximum absolute atomic E-state index is 16.7. The SMILES string of the molecule is O=C1c2cc(Oc3ccccc3)c3c4c(Oc5ccccc5)cc5c6c(cc(Oc7ccccc7)c(c7c(Oc8ccccc8)cc(c2c37)C(=O)N1c1c(Oc2cc(C(F)(F)F)cc(C(F)(F)F)c2)cccc1Oc1cc(C(F)(F)F)cc(C(F)(F)F)c1)c64)C(=O)N(c1c(Oc2cc(C(F)(F)F)cc(C(F)(F)F)c2)cccc1Oc1cc(C(F)(F)F)cc(C(F)(F)F)c1)C5=O. The Labute approximate surface area is 710 Å². The van der Waals surface area contributed by atoms with Crippen molar-refractivity contribution in [3.05, 3.63) is 322 Å². The fourth-order valence-corrected chi connectivity index (χ4v) is 14.9. The van der Waals surface area contributed by atoms with Gasteiger partial charge in [0.2, 0.25) is 0 Å². The fraction of sp³-hybridized carbons (Fsp3) is 0.0870. The molecule has 15 aromatic rings. The Hall–Kier alpha value is -15.4. The monoisotopic (exact) mass is 1820 g/mol. The molecule has 2 heterocycles. The van der Waals surface area contributed by atoms with Gasteiger partial charge in [-0.3, -0.25) is 19.2 Å². The van der Waals surface area contributed by atoms with Gasteiger partial charge in [0, 0.05) is 43.1 Å². The van der Waals surface area contributed by atoms with Crippen LogP contribution in [0.5, 0.6) is 92.0 Å². The molecule has 0 spiro atoms. The number of fused-ring (bicyclic) bond motifs is 2. The highest BCUT2D eigenvalue weighted by atomic mass is 19.4. The first-order valence-electron chi connectivity index (χ1n) is 37.3. The normalized spacial score (nSPS) is 13.6. The van der Waals surface area contributed by atoms with Gasteiger partial charge in [0.1, 0.15) is 80.4 Å². The van der Waals surface area contributed by atoms with Crippen molar-refractivity contribution in [2.45, 2.75) is 49.4 Å². The second kappa shape index (κ2) is 31.3. The molecule has 0 radical (unpaired) electrons. The molecule has 2 aliphatic heterocycles. The lowest BCUT2D eigenvalue weighted by Crippen LogP contribution is -2.41. The van der Waals surface area contributed by atoms with E-state index in [1.165, 1.54) is 121 Å². The number of imide groups is 2. The second-order valence-electron chi connectivity index (χ2n) is 28.8. The first-order chi connectivity index (χ1) is 61.1. The number of carbonyl (C=O) groups is 4. The molecule has 0 unspecified atom stereocenters. The summed E-state index contributed by atoms with van der Waals surface area (Å²) < 4.78 is 404. The summed E-state index contributed by atoms with van der Waals surface area (Å²) in [5, 5.41) is -3.28. The number of hydrogen-bond acceptors (Lipinski definition) is 12. The first kappa shape index (κ1) is 86.7. The summed E-state index contributed by atoms with van der Waals surface area (Å²) >= 11 is 0. The van der Waals surface area contributed by atoms with E-state index in [9.17, 15) is 105 Å². The molecule has 0 aromatic heterocycles. The maximum Gasteiger partial charge on any atom is 0.416 e. The highest BCUT2D eigenvalue weighted by molar-refractivity contribution is 6.48. The third kappa shape index (κ3) is 16.4. The van der Waals surface area contributed by atoms with E-state index in [0.29, 0.717) is 24.3 Å². The topological polar surface area (TPSA) is 149 Å². The van der Waals surface area contributed by atoms with Crippen molar-refractivity contribution in [2.24, 2.45) is 0 Å². The van der Waals surface area contributed by atoms with Crippen LogP contribution in [0.15, 0.2) is 255 Å². The Morgan fingerprint density at radius 2 is 0.338 bits per heavy atom. The molecular formula is C92H42F24N2O12. The van der Waals surface area contributed by atoms with Crippen molar-refractivity contribution < 1.29 is 162 Å². The van der Waals surface area contributed by atoms with Crippen LogP contribution in [0.1, 0.15) is 85.9 Å². The van der Waals surface area contributed by atoms with Gasteiger partial charge in [-0.25, -0.2) is 9.80 Å². The highest BCUT2D eigenvalue weighted by Gasteiger charge is 2.49. The van der Waals surface area contributed by atoms with Crippen LogP contribution in [0.25, 0.3) is 43.1 Å². The van der Waals surface area contributed by atoms with Gasteiger partial charge in [-0.1, -0.05) is 84.9 Å². The summed E-state index contributed by atoms with van der Waals surface area (Å²) in [4.78, 5) is 67.1. The van der Waals surface area contributed by atoms with E-state index in [4.69, 9.17) is 37.9 Å². The number of rotatable bonds is 18. The van der Waals surface area contributed by atoms with Crippen molar-refractivity contribution >= 4 is 78.1 Å². The molecule has 14 nitrogen and oxygen atoms in total. The summed E-state index contributed by atoms with van der Waals surface area (Å²) in [6.07, 6.45) is -44.9. The second-order valence-corrected chi connectivity index (χ2v) is 28.8. The van der Waals surface area contributed by atoms with E-state index >= 15 is 19.2 Å². The quantitative estimate of drug-likeness (QED) is 0.0348. The van der Waals surface area contributed by atoms with E-state index < -0.39 is 231 Å². The molecule has 0 saturated carbocycles. The Morgan fingerprint density at radius 1 is 0.169 bits per heavy atom. The zero-order valence-electron chi connectivity index (χ0n) is 64.1. The van der Waals surface area contributed by atoms with Crippen molar-refractivity contribution in [1.82, 2.24) is 0 Å². The van der Waals surface area contributed by atoms with Crippen LogP contribution < -0.4 is 47.7 Å². The summed E-state index contributed by atoms with van der Waals surface area (Å²) in [5.74, 6) is -20.0. The van der Waals surface area contributed by atoms with Crippen molar-refractivity contribution in [3.63, 3.8) is 0 Å². The average molecular weight is 1820 g/mol. The molecule has 17 rings (SSSR count). The molecule has 15 aromatic carbocycles. The first-order valence-corrected chi connectivity index (χ1v) is 37.3. The highest BCUT2D eigenvalue weighted by Crippen LogP contribution is 2.61. The standard InChI is InChI=1S/C92H42F24N2O12/c93-85(94,95)43-27-44(86(96,97)98)32-55(31-43)127-63-23-13-24-64(128-56-33-45(87(99,100)101)28-46(34-56)88(102,103)104)79(63)117-81(119)59-39-67(123-51-15-5-1-6-16-51)73-74-68(124-52-17-7-2-8-18-52)40-61-72-62(42-70(126-54-21-11-4-12-22-54)76(78(72)74)75-69(125-53-19-9-3-10-20-53)41-60(82(117)120)71(59)77(73)75)84(122)118(83(61)121)80-65(129-57-35-47(89(105,106)107)29-48(36-57)90(108,109)110)25-14-26-66(80)130-58-37-49(91(111,112)113)30-50(38-58)92(114,115)116/h1-42H. The summed E-state index contributed by atoms with van der Waals surface area (Å²) in [6.45, 7) is 0. The van der Waals surface area contributed by atoms with Crippen LogP contribution >= 0.6 is 0 Å². The van der Waals surface area contributed by atoms with E-state index in [1.54, 1.807) is 0 Å². The van der Waals surface area contributed by atoms with Gasteiger partial charge >= 0.3 is 49.4 Å². The molecular weight excluding hydrogens is 1780 g/mol. The van der Waals surface area contributed by atoms with Crippen LogP contribution in [-0.4, -0.2) is 23.6 Å². The number of alkyl halides is 24. The zero-order chi connectivity index (χ0) is 92.8. The summed E-state index contributed by atoms with van der Waals surface area (Å²) in [7, 11) is 0. The largest absolute Gasteiger partial charge is 0.457 e. The van der Waals surface area contributed by atoms with Gasteiger partial charge in [-0.15, -0.1) is 0 Å². The summed E-state index contributed by atoms with van der Waals surface area (Å²) in [5.41, 5.74) is -21.8. The molecule has 0 aliphatic carbocycles. The molecule has 38 heteroatoms. The minimum Gasteiger partial charge on any atom is -0.457 e. The van der Waals surface area contributed by atoms with Gasteiger partial charge in [0.15, 0.2) is 23.0 Å². The minimum atomic E-state index is -5.62. The maximum atomic E-state index is 16.7. The number of hydrogen-bond donors (Lipinski definition) is 0. The number of benzene rings is 15. The third-order valence-electron chi connectivity index (χ3n) is 20.3. The van der Waals surface area contributed by atoms with E-state index in [-0.39, 0.29) is 138 Å². The molecule has 0 atom stereocenters. The van der Waals surface area contributed by atoms with E-state index in [2.05, 4.69) is 0 Å². The van der Waals surface area contributed by atoms with Crippen LogP contribution in [0.3, 0.4) is 0 Å². The van der Waals surface area contributed by atoms with E-state index in [0.717, 1.165) is 36.4 Å². The van der Waals surface area contributed by atoms with Crippen LogP contribution in [-0.2, 0) is 49.4 Å². The number of halogens is 24. The molecule has 0 bridgehead atoms. The molecule has 0 N–H and O–H groups in total. The lowest BCUT2D eigenvalue weighted by Gasteiger charge is -2.33. The molecule has 0 fully saturated rings. The van der Waals surface area contributed by atoms with Crippen molar-refractivity contribution in [1.29, 1.82) is 0 Å². The number of amides is 4. The number of nitrogens with zero attached hydrogens (tertiary/aromatic N) is 2. The average Bonchev–Trinajstić information content (AvgIpc) is 0.667. The van der Waals surface area contributed by atoms with Gasteiger partial charge in [0.05, 0.1) is 66.8 Å². The zero-order valence-corrected chi connectivity index (χ0v) is 64.1. The van der Waals surface area contributed by atoms with Gasteiger partial charge in [0.25, 0.3) is 23.6 Å². The third-order valence-corrected chi connectivity index (χ3v) is 20.3. The number of para-hydroxylation sites is 6.